The molecule has 0 N–H and O–H groups in total. The molecule has 0 bridgehead atoms. The Morgan fingerprint density at radius 1 is 1.35 bits per heavy atom. The molecule has 0 aromatic heterocycles. The Morgan fingerprint density at radius 2 is 2.19 bits per heavy atom. The van der Waals surface area contributed by atoms with E-state index < -0.39 is 0 Å². The van der Waals surface area contributed by atoms with Crippen LogP contribution in [0.4, 0.5) is 0 Å². The van der Waals surface area contributed by atoms with Gasteiger partial charge in [-0.1, -0.05) is 36.0 Å². The summed E-state index contributed by atoms with van der Waals surface area (Å²) in [4.78, 5) is 29.7. The summed E-state index contributed by atoms with van der Waals surface area (Å²) in [7, 11) is 1.36. The monoisotopic (exact) mass is 438 g/mol. The molecular formula is C24H26N2O4S. The van der Waals surface area contributed by atoms with Crippen LogP contribution in [0.25, 0.3) is 0 Å². The summed E-state index contributed by atoms with van der Waals surface area (Å²) in [6, 6.07) is 7.20. The maximum atomic E-state index is 11.7. The highest BCUT2D eigenvalue weighted by Crippen LogP contribution is 2.35. The van der Waals surface area contributed by atoms with Crippen molar-refractivity contribution in [3.63, 3.8) is 0 Å². The lowest BCUT2D eigenvalue weighted by molar-refractivity contribution is 0.0600. The highest BCUT2D eigenvalue weighted by molar-refractivity contribution is 8.15. The number of hydrogen-bond acceptors (Lipinski definition) is 6. The van der Waals surface area contributed by atoms with Gasteiger partial charge in [-0.25, -0.2) is 9.59 Å². The third-order valence-electron chi connectivity index (χ3n) is 4.86. The Hall–Kier alpha value is -3.02. The SMILES string of the molecule is CCN=C1SC(C=C2C=CC(OCc3cccc(C(=O)OC)c3)=CC2)C(=C=O)N1CC. The van der Waals surface area contributed by atoms with Gasteiger partial charge < -0.3 is 14.4 Å². The second-order valence-electron chi connectivity index (χ2n) is 6.89. The Balaban J connectivity index is 1.62. The van der Waals surface area contributed by atoms with Crippen LogP contribution in [0.3, 0.4) is 0 Å². The van der Waals surface area contributed by atoms with Crippen LogP contribution in [-0.4, -0.2) is 47.4 Å². The minimum Gasteiger partial charge on any atom is -0.489 e. The smallest absolute Gasteiger partial charge is 0.337 e. The summed E-state index contributed by atoms with van der Waals surface area (Å²) >= 11 is 1.58. The molecule has 0 amide bonds. The van der Waals surface area contributed by atoms with Crippen molar-refractivity contribution in [3.8, 4) is 0 Å². The molecule has 1 unspecified atom stereocenters. The molecule has 162 valence electrons. The van der Waals surface area contributed by atoms with E-state index in [9.17, 15) is 9.59 Å². The summed E-state index contributed by atoms with van der Waals surface area (Å²) < 4.78 is 10.6. The lowest BCUT2D eigenvalue weighted by atomic mass is 10.0. The zero-order valence-corrected chi connectivity index (χ0v) is 18.8. The molecule has 1 aromatic carbocycles. The van der Waals surface area contributed by atoms with Crippen LogP contribution in [0, 0.1) is 0 Å². The number of methoxy groups -OCH3 is 1. The number of benzene rings is 1. The molecule has 1 atom stereocenters. The van der Waals surface area contributed by atoms with E-state index in [1.54, 1.807) is 23.9 Å². The van der Waals surface area contributed by atoms with Gasteiger partial charge >= 0.3 is 5.97 Å². The van der Waals surface area contributed by atoms with E-state index >= 15 is 0 Å². The molecule has 1 fully saturated rings. The van der Waals surface area contributed by atoms with Crippen molar-refractivity contribution in [1.29, 1.82) is 0 Å². The minimum atomic E-state index is -0.365. The number of carbonyl (C=O) groups is 1. The lowest BCUT2D eigenvalue weighted by Gasteiger charge is -2.15. The molecule has 3 rings (SSSR count). The molecule has 0 saturated carbocycles. The summed E-state index contributed by atoms with van der Waals surface area (Å²) in [6.07, 6.45) is 8.74. The molecular weight excluding hydrogens is 412 g/mol. The van der Waals surface area contributed by atoms with E-state index in [4.69, 9.17) is 9.47 Å². The van der Waals surface area contributed by atoms with Crippen LogP contribution in [0.15, 0.2) is 70.6 Å². The minimum absolute atomic E-state index is 0.0840. The number of allylic oxidation sites excluding steroid dienone is 4. The maximum Gasteiger partial charge on any atom is 0.337 e. The fourth-order valence-corrected chi connectivity index (χ4v) is 4.64. The van der Waals surface area contributed by atoms with Crippen molar-refractivity contribution in [2.24, 2.45) is 4.99 Å². The number of rotatable bonds is 7. The quantitative estimate of drug-likeness (QED) is 0.467. The van der Waals surface area contributed by atoms with E-state index in [0.717, 1.165) is 22.1 Å². The number of carbonyl (C=O) groups excluding carboxylic acids is 2. The van der Waals surface area contributed by atoms with Crippen LogP contribution in [0.2, 0.25) is 0 Å². The van der Waals surface area contributed by atoms with Gasteiger partial charge in [0.05, 0.1) is 17.9 Å². The van der Waals surface area contributed by atoms with Crippen LogP contribution in [0.1, 0.15) is 36.2 Å². The highest BCUT2D eigenvalue weighted by Gasteiger charge is 2.33. The first-order chi connectivity index (χ1) is 15.1. The molecule has 2 aliphatic rings. The average Bonchev–Trinajstić information content (AvgIpc) is 3.14. The molecule has 1 aliphatic carbocycles. The molecule has 1 aliphatic heterocycles. The van der Waals surface area contributed by atoms with Crippen LogP contribution in [-0.2, 0) is 20.9 Å². The Bertz CT molecular complexity index is 1000. The number of ether oxygens (including phenoxy) is 2. The van der Waals surface area contributed by atoms with E-state index in [1.165, 1.54) is 7.11 Å². The molecule has 7 heteroatoms. The van der Waals surface area contributed by atoms with E-state index in [-0.39, 0.29) is 11.2 Å². The zero-order valence-electron chi connectivity index (χ0n) is 18.0. The number of hydrogen-bond donors (Lipinski definition) is 0. The number of thioether (sulfide) groups is 1. The predicted octanol–water partition coefficient (Wildman–Crippen LogP) is 4.29. The van der Waals surface area contributed by atoms with Gasteiger partial charge in [-0.05, 0) is 55.7 Å². The van der Waals surface area contributed by atoms with Gasteiger partial charge in [0, 0.05) is 13.1 Å². The lowest BCUT2D eigenvalue weighted by Crippen LogP contribution is -2.24. The summed E-state index contributed by atoms with van der Waals surface area (Å²) in [5.74, 6) is 2.51. The predicted molar refractivity (Wildman–Crippen MR) is 123 cm³/mol. The van der Waals surface area contributed by atoms with E-state index in [2.05, 4.69) is 17.0 Å². The Labute approximate surface area is 187 Å². The number of esters is 1. The van der Waals surface area contributed by atoms with E-state index in [0.29, 0.717) is 37.4 Å². The average molecular weight is 439 g/mol. The van der Waals surface area contributed by atoms with Crippen LogP contribution < -0.4 is 0 Å². The number of amidine groups is 1. The second-order valence-corrected chi connectivity index (χ2v) is 8.00. The fourth-order valence-electron chi connectivity index (χ4n) is 3.32. The fraction of sp³-hybridized carbons (Fsp3) is 0.333. The second kappa shape index (κ2) is 10.8. The van der Waals surface area contributed by atoms with Gasteiger partial charge in [0.15, 0.2) is 5.17 Å². The maximum absolute atomic E-state index is 11.7. The zero-order chi connectivity index (χ0) is 22.2. The molecule has 1 aromatic rings. The largest absolute Gasteiger partial charge is 0.489 e. The first kappa shape index (κ1) is 22.7. The van der Waals surface area contributed by atoms with Crippen molar-refractivity contribution in [2.45, 2.75) is 32.1 Å². The van der Waals surface area contributed by atoms with Gasteiger partial charge in [-0.15, -0.1) is 0 Å². The van der Waals surface area contributed by atoms with Gasteiger partial charge in [0.2, 0.25) is 0 Å². The van der Waals surface area contributed by atoms with Gasteiger partial charge in [-0.3, -0.25) is 4.99 Å². The Morgan fingerprint density at radius 3 is 2.84 bits per heavy atom. The van der Waals surface area contributed by atoms with E-state index in [1.807, 2.05) is 49.1 Å². The topological polar surface area (TPSA) is 68.2 Å². The van der Waals surface area contributed by atoms with Crippen molar-refractivity contribution >= 4 is 28.8 Å². The number of nitrogens with zero attached hydrogens (tertiary/aromatic N) is 2. The molecule has 31 heavy (non-hydrogen) atoms. The molecule has 6 nitrogen and oxygen atoms in total. The van der Waals surface area contributed by atoms with Crippen LogP contribution in [0.5, 0.6) is 0 Å². The van der Waals surface area contributed by atoms with Gasteiger partial charge in [0.25, 0.3) is 0 Å². The first-order valence-corrected chi connectivity index (χ1v) is 11.1. The first-order valence-electron chi connectivity index (χ1n) is 10.2. The molecule has 0 spiro atoms. The van der Waals surface area contributed by atoms with Crippen LogP contribution >= 0.6 is 11.8 Å². The van der Waals surface area contributed by atoms with Crippen molar-refractivity contribution in [1.82, 2.24) is 4.90 Å². The molecule has 0 radical (unpaired) electrons. The van der Waals surface area contributed by atoms with Gasteiger partial charge in [-0.2, -0.15) is 0 Å². The van der Waals surface area contributed by atoms with Gasteiger partial charge in [0.1, 0.15) is 24.0 Å². The summed E-state index contributed by atoms with van der Waals surface area (Å²) in [6.45, 7) is 5.73. The standard InChI is InChI=1S/C24H26N2O4S/c1-4-25-24-26(5-2)21(15-27)22(31-24)14-17-9-11-20(12-10-17)30-16-18-7-6-8-19(13-18)23(28)29-3/h6-9,11-14,22H,4-5,10,16H2,1-3H3. The highest BCUT2D eigenvalue weighted by atomic mass is 32.2. The molecule has 1 heterocycles. The third-order valence-corrected chi connectivity index (χ3v) is 6.03. The van der Waals surface area contributed by atoms with Crippen molar-refractivity contribution in [3.05, 3.63) is 76.7 Å². The normalized spacial score (nSPS) is 20.7. The Kier molecular flexibility index (Phi) is 7.93. The number of aliphatic imine (C=N–C) groups is 1. The van der Waals surface area contributed by atoms with Crippen molar-refractivity contribution < 1.29 is 19.1 Å². The summed E-state index contributed by atoms with van der Waals surface area (Å²) in [5.41, 5.74) is 3.13. The third kappa shape index (κ3) is 5.57. The summed E-state index contributed by atoms with van der Waals surface area (Å²) in [5, 5.41) is 0.790. The molecule has 1 saturated heterocycles. The van der Waals surface area contributed by atoms with Crippen molar-refractivity contribution in [2.75, 3.05) is 20.2 Å².